The van der Waals surface area contributed by atoms with Crippen LogP contribution in [0.4, 0.5) is 0 Å². The zero-order chi connectivity index (χ0) is 11.7. The summed E-state index contributed by atoms with van der Waals surface area (Å²) >= 11 is 1.69. The topological polar surface area (TPSA) is 46.3 Å². The number of nitrogens with zero attached hydrogens (tertiary/aromatic N) is 1. The molecule has 1 amide bonds. The molecule has 0 unspecified atom stereocenters. The summed E-state index contributed by atoms with van der Waals surface area (Å²) in [5.74, 6) is 0.881. The fraction of sp³-hybridized carbons (Fsp3) is 0.545. The van der Waals surface area contributed by atoms with Gasteiger partial charge >= 0.3 is 0 Å². The van der Waals surface area contributed by atoms with Crippen LogP contribution in [0, 0.1) is 0 Å². The Kier molecular flexibility index (Phi) is 12.4. The molecule has 0 aromatic carbocycles. The van der Waals surface area contributed by atoms with Gasteiger partial charge in [0.25, 0.3) is 0 Å². The zero-order valence-corrected chi connectivity index (χ0v) is 11.4. The van der Waals surface area contributed by atoms with E-state index in [1.54, 1.807) is 28.8 Å². The van der Waals surface area contributed by atoms with Crippen LogP contribution in [0.15, 0.2) is 25.3 Å². The van der Waals surface area contributed by atoms with Gasteiger partial charge < -0.3 is 10.6 Å². The van der Waals surface area contributed by atoms with Crippen LogP contribution in [0.3, 0.4) is 0 Å². The number of rotatable bonds is 8. The van der Waals surface area contributed by atoms with Crippen LogP contribution in [0.25, 0.3) is 0 Å². The highest BCUT2D eigenvalue weighted by molar-refractivity contribution is 7.98. The number of hydrogen-bond acceptors (Lipinski definition) is 3. The van der Waals surface area contributed by atoms with Crippen molar-refractivity contribution >= 4 is 30.1 Å². The minimum atomic E-state index is -0.405. The zero-order valence-electron chi connectivity index (χ0n) is 9.72. The maximum absolute atomic E-state index is 11.8. The van der Waals surface area contributed by atoms with Gasteiger partial charge in [0.05, 0.1) is 6.04 Å². The van der Waals surface area contributed by atoms with Crippen molar-refractivity contribution in [3.63, 3.8) is 0 Å². The first-order valence-corrected chi connectivity index (χ1v) is 6.31. The Morgan fingerprint density at radius 3 is 2.31 bits per heavy atom. The molecule has 0 aliphatic rings. The van der Waals surface area contributed by atoms with Gasteiger partial charge in [-0.05, 0) is 18.4 Å². The van der Waals surface area contributed by atoms with Crippen molar-refractivity contribution in [3.05, 3.63) is 25.3 Å². The number of carbonyl (C=O) groups is 1. The maximum atomic E-state index is 11.8. The second-order valence-corrected chi connectivity index (χ2v) is 4.19. The highest BCUT2D eigenvalue weighted by Gasteiger charge is 2.18. The summed E-state index contributed by atoms with van der Waals surface area (Å²) in [6, 6.07) is -0.405. The Morgan fingerprint density at radius 2 is 1.94 bits per heavy atom. The molecule has 0 heterocycles. The van der Waals surface area contributed by atoms with E-state index in [-0.39, 0.29) is 18.3 Å². The van der Waals surface area contributed by atoms with E-state index in [4.69, 9.17) is 5.73 Å². The van der Waals surface area contributed by atoms with Gasteiger partial charge in [0, 0.05) is 13.1 Å². The average molecular weight is 265 g/mol. The maximum Gasteiger partial charge on any atom is 0.240 e. The third-order valence-electron chi connectivity index (χ3n) is 1.96. The van der Waals surface area contributed by atoms with E-state index in [1.807, 2.05) is 6.26 Å². The van der Waals surface area contributed by atoms with Crippen molar-refractivity contribution in [1.82, 2.24) is 4.90 Å². The van der Waals surface area contributed by atoms with Crippen LogP contribution < -0.4 is 5.73 Å². The Balaban J connectivity index is 0. The number of halogens is 1. The van der Waals surface area contributed by atoms with Crippen LogP contribution in [0.5, 0.6) is 0 Å². The summed E-state index contributed by atoms with van der Waals surface area (Å²) in [5, 5.41) is 0. The van der Waals surface area contributed by atoms with Crippen LogP contribution in [-0.4, -0.2) is 41.9 Å². The van der Waals surface area contributed by atoms with Crippen molar-refractivity contribution in [2.24, 2.45) is 5.73 Å². The van der Waals surface area contributed by atoms with Gasteiger partial charge in [-0.3, -0.25) is 4.79 Å². The molecule has 1 atom stereocenters. The van der Waals surface area contributed by atoms with Crippen LogP contribution in [-0.2, 0) is 4.79 Å². The number of nitrogens with two attached hydrogens (primary N) is 1. The normalized spacial score (nSPS) is 11.1. The molecule has 0 aromatic heterocycles. The van der Waals surface area contributed by atoms with E-state index in [2.05, 4.69) is 13.2 Å². The lowest BCUT2D eigenvalue weighted by molar-refractivity contribution is -0.131. The van der Waals surface area contributed by atoms with Gasteiger partial charge in [-0.15, -0.1) is 25.6 Å². The fourth-order valence-corrected chi connectivity index (χ4v) is 1.66. The van der Waals surface area contributed by atoms with Crippen LogP contribution >= 0.6 is 24.2 Å². The SMILES string of the molecule is C=CCN(CC=C)C(=O)[C@@H](N)CCSC.Cl. The van der Waals surface area contributed by atoms with Gasteiger partial charge in [0.1, 0.15) is 0 Å². The smallest absolute Gasteiger partial charge is 0.240 e. The molecule has 0 fully saturated rings. The molecule has 2 N–H and O–H groups in total. The fourth-order valence-electron chi connectivity index (χ4n) is 1.17. The molecule has 0 bridgehead atoms. The molecule has 16 heavy (non-hydrogen) atoms. The summed E-state index contributed by atoms with van der Waals surface area (Å²) in [6.07, 6.45) is 6.11. The van der Waals surface area contributed by atoms with Crippen molar-refractivity contribution in [1.29, 1.82) is 0 Å². The summed E-state index contributed by atoms with van der Waals surface area (Å²) in [4.78, 5) is 13.5. The monoisotopic (exact) mass is 264 g/mol. The standard InChI is InChI=1S/C11H20N2OS.ClH/c1-4-7-13(8-5-2)11(14)10(12)6-9-15-3;/h4-5,10H,1-2,6-9,12H2,3H3;1H/t10-;/m0./s1. The van der Waals surface area contributed by atoms with Gasteiger partial charge in [-0.1, -0.05) is 12.2 Å². The Morgan fingerprint density at radius 1 is 1.44 bits per heavy atom. The summed E-state index contributed by atoms with van der Waals surface area (Å²) < 4.78 is 0. The number of thioether (sulfide) groups is 1. The van der Waals surface area contributed by atoms with Gasteiger partial charge in [0.2, 0.25) is 5.91 Å². The van der Waals surface area contributed by atoms with Crippen LogP contribution in [0.2, 0.25) is 0 Å². The first-order chi connectivity index (χ1) is 7.17. The molecule has 0 saturated carbocycles. The average Bonchev–Trinajstić information content (AvgIpc) is 2.24. The lowest BCUT2D eigenvalue weighted by Crippen LogP contribution is -2.44. The largest absolute Gasteiger partial charge is 0.334 e. The first-order valence-electron chi connectivity index (χ1n) is 4.92. The van der Waals surface area contributed by atoms with Gasteiger partial charge in [-0.25, -0.2) is 0 Å². The van der Waals surface area contributed by atoms with E-state index in [9.17, 15) is 4.79 Å². The van der Waals surface area contributed by atoms with E-state index >= 15 is 0 Å². The van der Waals surface area contributed by atoms with E-state index in [0.717, 1.165) is 5.75 Å². The summed E-state index contributed by atoms with van der Waals surface area (Å²) in [7, 11) is 0. The first kappa shape index (κ1) is 17.9. The van der Waals surface area contributed by atoms with Crippen molar-refractivity contribution in [2.75, 3.05) is 25.1 Å². The Bertz CT molecular complexity index is 214. The highest BCUT2D eigenvalue weighted by atomic mass is 35.5. The molecule has 5 heteroatoms. The van der Waals surface area contributed by atoms with E-state index in [0.29, 0.717) is 19.5 Å². The molecule has 0 radical (unpaired) electrons. The van der Waals surface area contributed by atoms with E-state index < -0.39 is 6.04 Å². The number of carbonyl (C=O) groups excluding carboxylic acids is 1. The van der Waals surface area contributed by atoms with Crippen molar-refractivity contribution < 1.29 is 4.79 Å². The third kappa shape index (κ3) is 6.93. The second kappa shape index (κ2) is 11.0. The van der Waals surface area contributed by atoms with Crippen molar-refractivity contribution in [3.8, 4) is 0 Å². The van der Waals surface area contributed by atoms with Crippen molar-refractivity contribution in [2.45, 2.75) is 12.5 Å². The lowest BCUT2D eigenvalue weighted by atomic mass is 10.2. The quantitative estimate of drug-likeness (QED) is 0.679. The second-order valence-electron chi connectivity index (χ2n) is 3.21. The lowest BCUT2D eigenvalue weighted by Gasteiger charge is -2.22. The predicted molar refractivity (Wildman–Crippen MR) is 75.2 cm³/mol. The summed E-state index contributed by atoms with van der Waals surface area (Å²) in [5.41, 5.74) is 5.79. The van der Waals surface area contributed by atoms with Crippen LogP contribution in [0.1, 0.15) is 6.42 Å². The summed E-state index contributed by atoms with van der Waals surface area (Å²) in [6.45, 7) is 8.28. The molecule has 0 saturated heterocycles. The molecule has 94 valence electrons. The Hall–Kier alpha value is -0.450. The molecule has 0 aliphatic heterocycles. The number of hydrogen-bond donors (Lipinski definition) is 1. The van der Waals surface area contributed by atoms with Gasteiger partial charge in [-0.2, -0.15) is 11.8 Å². The molecule has 0 aromatic rings. The molecular weight excluding hydrogens is 244 g/mol. The molecule has 0 aliphatic carbocycles. The third-order valence-corrected chi connectivity index (χ3v) is 2.60. The Labute approximate surface area is 109 Å². The highest BCUT2D eigenvalue weighted by Crippen LogP contribution is 2.02. The molecule has 0 spiro atoms. The van der Waals surface area contributed by atoms with Gasteiger partial charge in [0.15, 0.2) is 0 Å². The minimum Gasteiger partial charge on any atom is -0.334 e. The minimum absolute atomic E-state index is 0. The van der Waals surface area contributed by atoms with E-state index in [1.165, 1.54) is 0 Å². The molecule has 3 nitrogen and oxygen atoms in total. The molecular formula is C11H21ClN2OS. The number of amides is 1. The molecule has 0 rings (SSSR count). The predicted octanol–water partition coefficient (Wildman–Crippen LogP) is 1.69.